The molecule has 0 amide bonds. The summed E-state index contributed by atoms with van der Waals surface area (Å²) in [5, 5.41) is 0. The Morgan fingerprint density at radius 3 is 1.40 bits per heavy atom. The maximum absolute atomic E-state index is 14.0. The number of hydrogen-bond acceptors (Lipinski definition) is 4. The van der Waals surface area contributed by atoms with E-state index in [1.165, 1.54) is 12.1 Å². The Morgan fingerprint density at radius 1 is 0.640 bits per heavy atom. The van der Waals surface area contributed by atoms with E-state index in [1.807, 2.05) is 55.4 Å². The third kappa shape index (κ3) is 3.05. The number of rotatable bonds is 2. The van der Waals surface area contributed by atoms with Crippen LogP contribution in [0.4, 0.5) is 4.39 Å². The molecule has 2 fully saturated rings. The summed E-state index contributed by atoms with van der Waals surface area (Å²) < 4.78 is 38.5. The molecule has 0 aliphatic carbocycles. The van der Waals surface area contributed by atoms with E-state index in [2.05, 4.69) is 0 Å². The molecule has 25 heavy (non-hydrogen) atoms. The number of benzene rings is 1. The van der Waals surface area contributed by atoms with Crippen molar-refractivity contribution in [3.8, 4) is 0 Å². The molecule has 3 rings (SSSR count). The smallest absolute Gasteiger partial charge is 0.399 e. The molecule has 1 aromatic carbocycles. The van der Waals surface area contributed by atoms with Crippen LogP contribution in [0.25, 0.3) is 0 Å². The van der Waals surface area contributed by atoms with E-state index >= 15 is 0 Å². The first kappa shape index (κ1) is 18.9. The molecular formula is C18H27B2FO4. The monoisotopic (exact) mass is 348 g/mol. The van der Waals surface area contributed by atoms with Gasteiger partial charge in [0.05, 0.1) is 22.4 Å². The van der Waals surface area contributed by atoms with Crippen molar-refractivity contribution < 1.29 is 23.0 Å². The molecule has 0 unspecified atom stereocenters. The van der Waals surface area contributed by atoms with Crippen LogP contribution in [0.1, 0.15) is 55.4 Å². The zero-order valence-electron chi connectivity index (χ0n) is 16.4. The van der Waals surface area contributed by atoms with Crippen LogP contribution in [-0.2, 0) is 18.6 Å². The molecule has 0 atom stereocenters. The van der Waals surface area contributed by atoms with Crippen molar-refractivity contribution in [2.24, 2.45) is 0 Å². The molecule has 0 N–H and O–H groups in total. The van der Waals surface area contributed by atoms with Gasteiger partial charge in [0.25, 0.3) is 0 Å². The van der Waals surface area contributed by atoms with E-state index in [1.54, 1.807) is 6.07 Å². The van der Waals surface area contributed by atoms with Crippen molar-refractivity contribution in [3.63, 3.8) is 0 Å². The Bertz CT molecular complexity index is 656. The van der Waals surface area contributed by atoms with Crippen LogP contribution in [0.2, 0.25) is 0 Å². The van der Waals surface area contributed by atoms with Gasteiger partial charge in [-0.15, -0.1) is 0 Å². The van der Waals surface area contributed by atoms with Crippen LogP contribution in [-0.4, -0.2) is 36.6 Å². The second-order valence-corrected chi connectivity index (χ2v) is 8.95. The molecule has 0 bridgehead atoms. The van der Waals surface area contributed by atoms with Crippen LogP contribution in [0.3, 0.4) is 0 Å². The van der Waals surface area contributed by atoms with E-state index in [0.29, 0.717) is 5.46 Å². The lowest BCUT2D eigenvalue weighted by molar-refractivity contribution is 0.00578. The predicted molar refractivity (Wildman–Crippen MR) is 97.8 cm³/mol. The van der Waals surface area contributed by atoms with Crippen molar-refractivity contribution in [1.29, 1.82) is 0 Å². The maximum atomic E-state index is 14.0. The minimum Gasteiger partial charge on any atom is -0.399 e. The molecule has 2 heterocycles. The lowest BCUT2D eigenvalue weighted by atomic mass is 9.65. The Hall–Kier alpha value is -0.880. The Kier molecular flexibility index (Phi) is 4.20. The van der Waals surface area contributed by atoms with Gasteiger partial charge in [-0.1, -0.05) is 6.07 Å². The van der Waals surface area contributed by atoms with Crippen LogP contribution in [0.5, 0.6) is 0 Å². The molecule has 7 heteroatoms. The first-order chi connectivity index (χ1) is 11.3. The molecule has 0 saturated carbocycles. The van der Waals surface area contributed by atoms with Crippen molar-refractivity contribution in [2.45, 2.75) is 77.8 Å². The lowest BCUT2D eigenvalue weighted by Gasteiger charge is -2.32. The first-order valence-electron chi connectivity index (χ1n) is 8.76. The standard InChI is InChI=1S/C18H27B2FO4/c1-15(2)16(3,4)23-19(22-15)13-10-9-12(21)11-14(13)20-24-17(5,6)18(7,8)25-20/h9-11H,1-8H3. The number of hydrogen-bond donors (Lipinski definition) is 0. The Balaban J connectivity index is 1.99. The number of halogens is 1. The van der Waals surface area contributed by atoms with Crippen molar-refractivity contribution >= 4 is 25.2 Å². The molecule has 0 spiro atoms. The van der Waals surface area contributed by atoms with Crippen LogP contribution in [0.15, 0.2) is 18.2 Å². The van der Waals surface area contributed by atoms with Gasteiger partial charge in [-0.2, -0.15) is 0 Å². The van der Waals surface area contributed by atoms with Gasteiger partial charge in [-0.3, -0.25) is 0 Å². The zero-order valence-corrected chi connectivity index (χ0v) is 16.4. The highest BCUT2D eigenvalue weighted by molar-refractivity contribution is 6.74. The summed E-state index contributed by atoms with van der Waals surface area (Å²) in [6.07, 6.45) is 0. The highest BCUT2D eigenvalue weighted by Crippen LogP contribution is 2.38. The highest BCUT2D eigenvalue weighted by atomic mass is 19.1. The molecule has 2 saturated heterocycles. The summed E-state index contributed by atoms with van der Waals surface area (Å²) in [7, 11) is -1.27. The average Bonchev–Trinajstić information content (AvgIpc) is 2.78. The Morgan fingerprint density at radius 2 is 1.00 bits per heavy atom. The van der Waals surface area contributed by atoms with Gasteiger partial charge in [0.1, 0.15) is 5.82 Å². The first-order valence-corrected chi connectivity index (χ1v) is 8.76. The fourth-order valence-corrected chi connectivity index (χ4v) is 2.90. The van der Waals surface area contributed by atoms with Crippen LogP contribution in [0, 0.1) is 5.82 Å². The highest BCUT2D eigenvalue weighted by Gasteiger charge is 2.56. The van der Waals surface area contributed by atoms with Crippen LogP contribution >= 0.6 is 0 Å². The normalized spacial score (nSPS) is 26.3. The zero-order chi connectivity index (χ0) is 18.8. The maximum Gasteiger partial charge on any atom is 0.494 e. The van der Waals surface area contributed by atoms with Crippen LogP contribution < -0.4 is 10.9 Å². The average molecular weight is 348 g/mol. The second-order valence-electron chi connectivity index (χ2n) is 8.95. The fraction of sp³-hybridized carbons (Fsp3) is 0.667. The molecule has 2 aliphatic heterocycles. The summed E-state index contributed by atoms with van der Waals surface area (Å²) in [4.78, 5) is 0. The molecule has 136 valence electrons. The third-order valence-corrected chi connectivity index (χ3v) is 6.06. The van der Waals surface area contributed by atoms with E-state index in [4.69, 9.17) is 18.6 Å². The van der Waals surface area contributed by atoms with E-state index in [9.17, 15) is 4.39 Å². The topological polar surface area (TPSA) is 36.9 Å². The third-order valence-electron chi connectivity index (χ3n) is 6.06. The fourth-order valence-electron chi connectivity index (χ4n) is 2.90. The quantitative estimate of drug-likeness (QED) is 0.770. The summed E-state index contributed by atoms with van der Waals surface area (Å²) in [6.45, 7) is 15.9. The summed E-state index contributed by atoms with van der Waals surface area (Å²) in [5.74, 6) is -0.343. The van der Waals surface area contributed by atoms with Gasteiger partial charge in [0.15, 0.2) is 0 Å². The van der Waals surface area contributed by atoms with Gasteiger partial charge in [0.2, 0.25) is 0 Å². The lowest BCUT2D eigenvalue weighted by Crippen LogP contribution is -2.51. The molecular weight excluding hydrogens is 321 g/mol. The minimum atomic E-state index is -0.672. The van der Waals surface area contributed by atoms with Gasteiger partial charge >= 0.3 is 14.2 Å². The SMILES string of the molecule is CC1(C)OB(c2ccc(F)cc2B2OC(C)(C)C(C)(C)O2)OC1(C)C. The second kappa shape index (κ2) is 5.56. The summed E-state index contributed by atoms with van der Waals surface area (Å²) in [5.41, 5.74) is -0.608. The van der Waals surface area contributed by atoms with Crippen molar-refractivity contribution in [2.75, 3.05) is 0 Å². The largest absolute Gasteiger partial charge is 0.494 e. The molecule has 2 aliphatic rings. The summed E-state index contributed by atoms with van der Waals surface area (Å²) in [6, 6.07) is 4.55. The molecule has 1 aromatic rings. The molecule has 0 radical (unpaired) electrons. The van der Waals surface area contributed by atoms with Gasteiger partial charge in [0, 0.05) is 0 Å². The van der Waals surface area contributed by atoms with Gasteiger partial charge < -0.3 is 18.6 Å². The molecule has 0 aromatic heterocycles. The van der Waals surface area contributed by atoms with Gasteiger partial charge in [-0.05, 0) is 78.4 Å². The minimum absolute atomic E-state index is 0.343. The van der Waals surface area contributed by atoms with E-state index in [0.717, 1.165) is 5.46 Å². The van der Waals surface area contributed by atoms with Gasteiger partial charge in [-0.25, -0.2) is 4.39 Å². The van der Waals surface area contributed by atoms with Crippen molar-refractivity contribution in [3.05, 3.63) is 24.0 Å². The predicted octanol–water partition coefficient (Wildman–Crippen LogP) is 2.42. The van der Waals surface area contributed by atoms with E-state index < -0.39 is 36.6 Å². The Labute approximate surface area is 150 Å². The van der Waals surface area contributed by atoms with Crippen molar-refractivity contribution in [1.82, 2.24) is 0 Å². The molecule has 4 nitrogen and oxygen atoms in total. The van der Waals surface area contributed by atoms with E-state index in [-0.39, 0.29) is 5.82 Å². The summed E-state index contributed by atoms with van der Waals surface area (Å²) >= 11 is 0.